The Morgan fingerprint density at radius 3 is 3.04 bits per heavy atom. The van der Waals surface area contributed by atoms with E-state index in [1.54, 1.807) is 28.9 Å². The first kappa shape index (κ1) is 14.1. The zero-order valence-electron chi connectivity index (χ0n) is 12.6. The molecule has 3 heterocycles. The average Bonchev–Trinajstić information content (AvgIpc) is 3.24. The highest BCUT2D eigenvalue weighted by Crippen LogP contribution is 2.24. The van der Waals surface area contributed by atoms with E-state index in [2.05, 4.69) is 15.4 Å². The van der Waals surface area contributed by atoms with Crippen molar-refractivity contribution in [2.24, 2.45) is 0 Å². The number of anilines is 1. The van der Waals surface area contributed by atoms with E-state index in [-0.39, 0.29) is 11.9 Å². The van der Waals surface area contributed by atoms with Crippen LogP contribution in [-0.4, -0.2) is 33.9 Å². The van der Waals surface area contributed by atoms with Crippen molar-refractivity contribution in [3.05, 3.63) is 48.4 Å². The number of nitrogens with zero attached hydrogens (tertiary/aromatic N) is 3. The summed E-state index contributed by atoms with van der Waals surface area (Å²) in [6.07, 6.45) is 4.05. The topological polar surface area (TPSA) is 51.5 Å². The van der Waals surface area contributed by atoms with Crippen molar-refractivity contribution in [3.8, 4) is 11.3 Å². The van der Waals surface area contributed by atoms with Crippen molar-refractivity contribution in [1.29, 1.82) is 0 Å². The average molecular weight is 312 g/mol. The second-order valence-corrected chi connectivity index (χ2v) is 5.62. The van der Waals surface area contributed by atoms with E-state index in [1.807, 2.05) is 12.1 Å². The van der Waals surface area contributed by atoms with Crippen molar-refractivity contribution in [1.82, 2.24) is 14.6 Å². The fraction of sp³-hybridized carbons (Fsp3) is 0.294. The van der Waals surface area contributed by atoms with E-state index in [4.69, 9.17) is 4.74 Å². The zero-order valence-corrected chi connectivity index (χ0v) is 12.6. The van der Waals surface area contributed by atoms with E-state index in [1.165, 1.54) is 6.07 Å². The van der Waals surface area contributed by atoms with Gasteiger partial charge in [0.05, 0.1) is 18.0 Å². The number of hydrogen-bond acceptors (Lipinski definition) is 4. The van der Waals surface area contributed by atoms with Crippen LogP contribution in [0.5, 0.6) is 0 Å². The van der Waals surface area contributed by atoms with Crippen LogP contribution in [0.3, 0.4) is 0 Å². The second kappa shape index (κ2) is 5.96. The van der Waals surface area contributed by atoms with Gasteiger partial charge in [0.15, 0.2) is 5.65 Å². The van der Waals surface area contributed by atoms with Crippen LogP contribution in [0.25, 0.3) is 16.9 Å². The molecule has 5 nitrogen and oxygen atoms in total. The summed E-state index contributed by atoms with van der Waals surface area (Å²) in [4.78, 5) is 4.50. The molecule has 1 aliphatic rings. The molecule has 118 valence electrons. The lowest BCUT2D eigenvalue weighted by Gasteiger charge is -2.14. The molecule has 3 aromatic rings. The van der Waals surface area contributed by atoms with Crippen molar-refractivity contribution in [2.45, 2.75) is 18.9 Å². The molecular weight excluding hydrogens is 295 g/mol. The number of halogens is 1. The van der Waals surface area contributed by atoms with E-state index in [9.17, 15) is 4.39 Å². The highest BCUT2D eigenvalue weighted by Gasteiger charge is 2.16. The minimum atomic E-state index is -0.283. The van der Waals surface area contributed by atoms with Crippen LogP contribution in [0, 0.1) is 5.82 Å². The molecule has 1 aromatic carbocycles. The normalized spacial score (nSPS) is 17.7. The summed E-state index contributed by atoms with van der Waals surface area (Å²) in [5, 5.41) is 7.64. The summed E-state index contributed by atoms with van der Waals surface area (Å²) in [6.45, 7) is 1.52. The molecule has 0 radical (unpaired) electrons. The molecule has 1 atom stereocenters. The molecule has 1 N–H and O–H groups in total. The molecule has 1 aliphatic heterocycles. The Morgan fingerprint density at radius 2 is 2.22 bits per heavy atom. The Hall–Kier alpha value is -2.47. The lowest BCUT2D eigenvalue weighted by atomic mass is 10.1. The van der Waals surface area contributed by atoms with Gasteiger partial charge in [-0.05, 0) is 25.0 Å². The Morgan fingerprint density at radius 1 is 1.30 bits per heavy atom. The molecule has 0 unspecified atom stereocenters. The third-order valence-electron chi connectivity index (χ3n) is 4.04. The van der Waals surface area contributed by atoms with Gasteiger partial charge in [-0.3, -0.25) is 0 Å². The number of hydrogen-bond donors (Lipinski definition) is 1. The lowest BCUT2D eigenvalue weighted by molar-refractivity contribution is 0.120. The van der Waals surface area contributed by atoms with Crippen molar-refractivity contribution in [3.63, 3.8) is 0 Å². The first-order valence-corrected chi connectivity index (χ1v) is 7.76. The number of fused-ring (bicyclic) bond motifs is 1. The molecule has 1 fully saturated rings. The molecular formula is C17H17FN4O. The Bertz CT molecular complexity index is 826. The fourth-order valence-electron chi connectivity index (χ4n) is 2.87. The molecule has 0 aliphatic carbocycles. The minimum Gasteiger partial charge on any atom is -0.376 e. The largest absolute Gasteiger partial charge is 0.376 e. The molecule has 23 heavy (non-hydrogen) atoms. The van der Waals surface area contributed by atoms with Gasteiger partial charge in [-0.15, -0.1) is 0 Å². The van der Waals surface area contributed by atoms with Gasteiger partial charge in [-0.2, -0.15) is 9.61 Å². The molecule has 2 aromatic heterocycles. The van der Waals surface area contributed by atoms with E-state index in [0.29, 0.717) is 23.4 Å². The van der Waals surface area contributed by atoms with Crippen LogP contribution < -0.4 is 5.32 Å². The van der Waals surface area contributed by atoms with Gasteiger partial charge >= 0.3 is 0 Å². The summed E-state index contributed by atoms with van der Waals surface area (Å²) in [6, 6.07) is 10.3. The quantitative estimate of drug-likeness (QED) is 0.804. The number of nitrogens with one attached hydrogen (secondary N) is 1. The lowest BCUT2D eigenvalue weighted by Crippen LogP contribution is -2.20. The van der Waals surface area contributed by atoms with Gasteiger partial charge in [0.1, 0.15) is 11.6 Å². The SMILES string of the molecule is Fc1ccccc1-c1cc(NC[C@@H]2CCCO2)n2nccc2n1. The number of aromatic nitrogens is 3. The molecule has 0 spiro atoms. The van der Waals surface area contributed by atoms with Crippen LogP contribution in [0.15, 0.2) is 42.6 Å². The van der Waals surface area contributed by atoms with Gasteiger partial charge < -0.3 is 10.1 Å². The van der Waals surface area contributed by atoms with Gasteiger partial charge in [-0.25, -0.2) is 9.37 Å². The highest BCUT2D eigenvalue weighted by molar-refractivity contribution is 5.66. The first-order valence-electron chi connectivity index (χ1n) is 7.76. The van der Waals surface area contributed by atoms with Crippen LogP contribution in [0.4, 0.5) is 10.2 Å². The summed E-state index contributed by atoms with van der Waals surface area (Å²) < 4.78 is 21.4. The molecule has 0 amide bonds. The maximum atomic E-state index is 14.1. The van der Waals surface area contributed by atoms with E-state index >= 15 is 0 Å². The summed E-state index contributed by atoms with van der Waals surface area (Å²) in [5.74, 6) is 0.502. The monoisotopic (exact) mass is 312 g/mol. The van der Waals surface area contributed by atoms with Crippen molar-refractivity contribution < 1.29 is 9.13 Å². The molecule has 4 rings (SSSR count). The summed E-state index contributed by atoms with van der Waals surface area (Å²) in [5.41, 5.74) is 1.75. The van der Waals surface area contributed by atoms with Gasteiger partial charge in [-0.1, -0.05) is 12.1 Å². The highest BCUT2D eigenvalue weighted by atomic mass is 19.1. The van der Waals surface area contributed by atoms with Crippen LogP contribution >= 0.6 is 0 Å². The van der Waals surface area contributed by atoms with Crippen LogP contribution in [-0.2, 0) is 4.74 Å². The fourth-order valence-corrected chi connectivity index (χ4v) is 2.87. The Labute approximate surface area is 133 Å². The predicted molar refractivity (Wildman–Crippen MR) is 85.8 cm³/mol. The van der Waals surface area contributed by atoms with Crippen LogP contribution in [0.2, 0.25) is 0 Å². The van der Waals surface area contributed by atoms with Crippen molar-refractivity contribution in [2.75, 3.05) is 18.5 Å². The maximum Gasteiger partial charge on any atom is 0.157 e. The molecule has 0 saturated carbocycles. The zero-order chi connectivity index (χ0) is 15.6. The predicted octanol–water partition coefficient (Wildman–Crippen LogP) is 3.13. The third-order valence-corrected chi connectivity index (χ3v) is 4.04. The standard InChI is InChI=1S/C17H17FN4O/c18-14-6-2-1-5-13(14)15-10-17(19-11-12-4-3-9-23-12)22-16(21-15)7-8-20-22/h1-2,5-8,10,12,19H,3-4,9,11H2/t12-/m0/s1. The summed E-state index contributed by atoms with van der Waals surface area (Å²) >= 11 is 0. The van der Waals surface area contributed by atoms with Crippen LogP contribution in [0.1, 0.15) is 12.8 Å². The Kier molecular flexibility index (Phi) is 3.67. The molecule has 1 saturated heterocycles. The minimum absolute atomic E-state index is 0.214. The Balaban J connectivity index is 1.71. The van der Waals surface area contributed by atoms with Gasteiger partial charge in [0.2, 0.25) is 0 Å². The summed E-state index contributed by atoms with van der Waals surface area (Å²) in [7, 11) is 0. The second-order valence-electron chi connectivity index (χ2n) is 5.62. The van der Waals surface area contributed by atoms with Crippen molar-refractivity contribution >= 4 is 11.5 Å². The first-order chi connectivity index (χ1) is 11.3. The molecule has 0 bridgehead atoms. The molecule has 6 heteroatoms. The van der Waals surface area contributed by atoms with Gasteiger partial charge in [0.25, 0.3) is 0 Å². The maximum absolute atomic E-state index is 14.1. The number of rotatable bonds is 4. The number of benzene rings is 1. The van der Waals surface area contributed by atoms with Gasteiger partial charge in [0, 0.05) is 30.8 Å². The van der Waals surface area contributed by atoms with E-state index in [0.717, 1.165) is 25.3 Å². The van der Waals surface area contributed by atoms with E-state index < -0.39 is 0 Å². The smallest absolute Gasteiger partial charge is 0.157 e. The third kappa shape index (κ3) is 2.77. The number of ether oxygens (including phenoxy) is 1.